The molecule has 0 aromatic rings. The molecule has 2 heteroatoms. The summed E-state index contributed by atoms with van der Waals surface area (Å²) >= 11 is 0. The van der Waals surface area contributed by atoms with E-state index in [0.29, 0.717) is 11.2 Å². The molecule has 3 fully saturated rings. The standard InChI is InChI=1S/C20H30O2/c1-19-9-8-18-16(17(19)6-4-15(22)12-19)5-3-13-11-14(21)7-10-20(13,18)2/h3,14,16-18,21H,4-12H2,1-2H3/t14-,16?,17?,18?,19?,20?/m0/s1. The van der Waals surface area contributed by atoms with E-state index >= 15 is 0 Å². The zero-order valence-electron chi connectivity index (χ0n) is 14.1. The van der Waals surface area contributed by atoms with Gasteiger partial charge in [0.2, 0.25) is 0 Å². The average molecular weight is 302 g/mol. The van der Waals surface area contributed by atoms with Gasteiger partial charge in [-0.25, -0.2) is 0 Å². The fourth-order valence-electron chi connectivity index (χ4n) is 6.67. The van der Waals surface area contributed by atoms with Gasteiger partial charge in [0, 0.05) is 12.8 Å². The number of carbonyl (C=O) groups is 1. The fourth-order valence-corrected chi connectivity index (χ4v) is 6.67. The molecule has 0 radical (unpaired) electrons. The minimum Gasteiger partial charge on any atom is -0.393 e. The molecule has 4 rings (SSSR count). The zero-order valence-corrected chi connectivity index (χ0v) is 14.1. The summed E-state index contributed by atoms with van der Waals surface area (Å²) in [6.45, 7) is 4.86. The molecular weight excluding hydrogens is 272 g/mol. The van der Waals surface area contributed by atoms with E-state index in [4.69, 9.17) is 0 Å². The van der Waals surface area contributed by atoms with E-state index in [9.17, 15) is 9.90 Å². The first kappa shape index (κ1) is 14.9. The molecular formula is C20H30O2. The molecule has 0 saturated heterocycles. The summed E-state index contributed by atoms with van der Waals surface area (Å²) in [6, 6.07) is 0. The molecule has 0 aromatic heterocycles. The Labute approximate surface area is 134 Å². The summed E-state index contributed by atoms with van der Waals surface area (Å²) in [5.74, 6) is 2.80. The molecule has 0 bridgehead atoms. The SMILES string of the molecule is CC12CCC3C(CC=C4C[C@@H](O)CCC43C)C1CCC(=O)C2. The number of rotatable bonds is 0. The molecule has 0 aliphatic heterocycles. The number of ketones is 1. The van der Waals surface area contributed by atoms with Gasteiger partial charge in [0.1, 0.15) is 5.78 Å². The monoisotopic (exact) mass is 302 g/mol. The van der Waals surface area contributed by atoms with Crippen LogP contribution >= 0.6 is 0 Å². The molecule has 0 heterocycles. The molecule has 0 amide bonds. The largest absolute Gasteiger partial charge is 0.393 e. The van der Waals surface area contributed by atoms with Crippen LogP contribution in [0.3, 0.4) is 0 Å². The fraction of sp³-hybridized carbons (Fsp3) is 0.850. The van der Waals surface area contributed by atoms with Gasteiger partial charge in [-0.15, -0.1) is 0 Å². The Balaban J connectivity index is 1.66. The van der Waals surface area contributed by atoms with E-state index in [0.717, 1.165) is 56.3 Å². The third-order valence-corrected chi connectivity index (χ3v) is 7.93. The van der Waals surface area contributed by atoms with Crippen molar-refractivity contribution in [3.05, 3.63) is 11.6 Å². The molecule has 122 valence electrons. The third kappa shape index (κ3) is 2.06. The van der Waals surface area contributed by atoms with Crippen molar-refractivity contribution >= 4 is 5.78 Å². The Morgan fingerprint density at radius 2 is 1.95 bits per heavy atom. The minimum absolute atomic E-state index is 0.114. The number of allylic oxidation sites excluding steroid dienone is 1. The number of hydrogen-bond acceptors (Lipinski definition) is 2. The van der Waals surface area contributed by atoms with Gasteiger partial charge < -0.3 is 5.11 Å². The highest BCUT2D eigenvalue weighted by Gasteiger charge is 2.55. The van der Waals surface area contributed by atoms with Crippen LogP contribution in [0, 0.1) is 28.6 Å². The Morgan fingerprint density at radius 3 is 2.77 bits per heavy atom. The van der Waals surface area contributed by atoms with Crippen LogP contribution in [-0.4, -0.2) is 17.0 Å². The predicted octanol–water partition coefficient (Wildman–Crippen LogP) is 4.27. The summed E-state index contributed by atoms with van der Waals surface area (Å²) in [5, 5.41) is 10.0. The Bertz CT molecular complexity index is 522. The van der Waals surface area contributed by atoms with Crippen molar-refractivity contribution in [1.29, 1.82) is 0 Å². The lowest BCUT2D eigenvalue weighted by molar-refractivity contribution is -0.132. The van der Waals surface area contributed by atoms with Crippen molar-refractivity contribution in [2.24, 2.45) is 28.6 Å². The summed E-state index contributed by atoms with van der Waals surface area (Å²) < 4.78 is 0. The van der Waals surface area contributed by atoms with Gasteiger partial charge in [0.05, 0.1) is 6.10 Å². The molecule has 22 heavy (non-hydrogen) atoms. The van der Waals surface area contributed by atoms with Crippen LogP contribution in [0.2, 0.25) is 0 Å². The summed E-state index contributed by atoms with van der Waals surface area (Å²) in [5.41, 5.74) is 2.14. The van der Waals surface area contributed by atoms with E-state index in [1.54, 1.807) is 5.57 Å². The molecule has 6 atom stereocenters. The second kappa shape index (κ2) is 4.93. The van der Waals surface area contributed by atoms with Crippen molar-refractivity contribution < 1.29 is 9.90 Å². The van der Waals surface area contributed by atoms with Crippen LogP contribution in [0.1, 0.15) is 71.6 Å². The second-order valence-corrected chi connectivity index (χ2v) is 9.10. The van der Waals surface area contributed by atoms with Gasteiger partial charge in [-0.3, -0.25) is 4.79 Å². The predicted molar refractivity (Wildman–Crippen MR) is 87.3 cm³/mol. The van der Waals surface area contributed by atoms with E-state index in [2.05, 4.69) is 19.9 Å². The molecule has 4 aliphatic rings. The van der Waals surface area contributed by atoms with E-state index < -0.39 is 0 Å². The van der Waals surface area contributed by atoms with Gasteiger partial charge in [0.25, 0.3) is 0 Å². The Morgan fingerprint density at radius 1 is 1.14 bits per heavy atom. The van der Waals surface area contributed by atoms with Crippen molar-refractivity contribution in [2.45, 2.75) is 77.7 Å². The molecule has 0 spiro atoms. The van der Waals surface area contributed by atoms with Crippen LogP contribution in [0.5, 0.6) is 0 Å². The lowest BCUT2D eigenvalue weighted by atomic mass is 9.45. The smallest absolute Gasteiger partial charge is 0.133 e. The minimum atomic E-state index is -0.114. The first-order valence-corrected chi connectivity index (χ1v) is 9.32. The maximum atomic E-state index is 12.0. The van der Waals surface area contributed by atoms with Crippen molar-refractivity contribution in [1.82, 2.24) is 0 Å². The molecule has 1 N–H and O–H groups in total. The van der Waals surface area contributed by atoms with Gasteiger partial charge in [0.15, 0.2) is 0 Å². The highest BCUT2D eigenvalue weighted by molar-refractivity contribution is 5.80. The molecule has 4 aliphatic carbocycles. The van der Waals surface area contributed by atoms with Crippen LogP contribution in [0.4, 0.5) is 0 Å². The van der Waals surface area contributed by atoms with Crippen molar-refractivity contribution in [3.8, 4) is 0 Å². The first-order chi connectivity index (χ1) is 10.4. The van der Waals surface area contributed by atoms with Gasteiger partial charge >= 0.3 is 0 Å². The maximum absolute atomic E-state index is 12.0. The maximum Gasteiger partial charge on any atom is 0.133 e. The highest BCUT2D eigenvalue weighted by Crippen LogP contribution is 2.63. The number of hydrogen-bond donors (Lipinski definition) is 1. The lowest BCUT2D eigenvalue weighted by Crippen LogP contribution is -2.52. The number of carbonyl (C=O) groups excluding carboxylic acids is 1. The van der Waals surface area contributed by atoms with Crippen molar-refractivity contribution in [2.75, 3.05) is 0 Å². The van der Waals surface area contributed by atoms with Crippen LogP contribution in [0.15, 0.2) is 11.6 Å². The topological polar surface area (TPSA) is 37.3 Å². The summed E-state index contributed by atoms with van der Waals surface area (Å²) in [6.07, 6.45) is 11.9. The normalized spacial score (nSPS) is 51.4. The van der Waals surface area contributed by atoms with Crippen LogP contribution < -0.4 is 0 Å². The van der Waals surface area contributed by atoms with Gasteiger partial charge in [-0.05, 0) is 73.5 Å². The zero-order chi connectivity index (χ0) is 15.5. The van der Waals surface area contributed by atoms with E-state index in [1.165, 1.54) is 19.3 Å². The summed E-state index contributed by atoms with van der Waals surface area (Å²) in [7, 11) is 0. The lowest BCUT2D eigenvalue weighted by Gasteiger charge is -2.59. The van der Waals surface area contributed by atoms with Crippen LogP contribution in [-0.2, 0) is 4.79 Å². The van der Waals surface area contributed by atoms with Gasteiger partial charge in [-0.1, -0.05) is 25.5 Å². The highest BCUT2D eigenvalue weighted by atomic mass is 16.3. The second-order valence-electron chi connectivity index (χ2n) is 9.10. The van der Waals surface area contributed by atoms with Gasteiger partial charge in [-0.2, -0.15) is 0 Å². The average Bonchev–Trinajstić information content (AvgIpc) is 2.46. The number of fused-ring (bicyclic) bond motifs is 5. The third-order valence-electron chi connectivity index (χ3n) is 7.93. The first-order valence-electron chi connectivity index (χ1n) is 9.32. The van der Waals surface area contributed by atoms with Crippen LogP contribution in [0.25, 0.3) is 0 Å². The summed E-state index contributed by atoms with van der Waals surface area (Å²) in [4.78, 5) is 12.0. The Kier molecular flexibility index (Phi) is 3.35. The molecule has 3 saturated carbocycles. The number of aliphatic hydroxyl groups excluding tert-OH is 1. The molecule has 0 aromatic carbocycles. The number of aliphatic hydroxyl groups is 1. The van der Waals surface area contributed by atoms with E-state index in [-0.39, 0.29) is 11.5 Å². The quantitative estimate of drug-likeness (QED) is 0.679. The molecule has 5 unspecified atom stereocenters. The van der Waals surface area contributed by atoms with Crippen molar-refractivity contribution in [3.63, 3.8) is 0 Å². The Hall–Kier alpha value is -0.630. The van der Waals surface area contributed by atoms with E-state index in [1.807, 2.05) is 0 Å². The number of Topliss-reactive ketones (excluding diaryl/α,β-unsaturated/α-hetero) is 1. The molecule has 2 nitrogen and oxygen atoms in total.